The summed E-state index contributed by atoms with van der Waals surface area (Å²) in [7, 11) is 0. The first-order valence-corrected chi connectivity index (χ1v) is 4.31. The van der Waals surface area contributed by atoms with E-state index >= 15 is 0 Å². The summed E-state index contributed by atoms with van der Waals surface area (Å²) in [5, 5.41) is 8.91. The first-order valence-electron chi connectivity index (χ1n) is 4.31. The fourth-order valence-electron chi connectivity index (χ4n) is 1.36. The predicted octanol–water partition coefficient (Wildman–Crippen LogP) is 2.62. The van der Waals surface area contributed by atoms with Crippen LogP contribution in [0.2, 0.25) is 0 Å². The highest BCUT2D eigenvalue weighted by molar-refractivity contribution is 5.69. The van der Waals surface area contributed by atoms with Gasteiger partial charge in [-0.2, -0.15) is 5.26 Å². The lowest BCUT2D eigenvalue weighted by atomic mass is 10.0. The summed E-state index contributed by atoms with van der Waals surface area (Å²) in [6, 6.07) is 13.5. The molecule has 14 heavy (non-hydrogen) atoms. The van der Waals surface area contributed by atoms with Crippen LogP contribution in [0, 0.1) is 11.3 Å². The van der Waals surface area contributed by atoms with Crippen LogP contribution < -0.4 is 0 Å². The molecule has 1 heterocycles. The number of nitrogens with zero attached hydrogens (tertiary/aromatic N) is 2. The summed E-state index contributed by atoms with van der Waals surface area (Å²) in [5.74, 6) is 0. The van der Waals surface area contributed by atoms with Gasteiger partial charge >= 0.3 is 0 Å². The van der Waals surface area contributed by atoms with Crippen LogP contribution in [-0.2, 0) is 0 Å². The van der Waals surface area contributed by atoms with Gasteiger partial charge in [0.05, 0.1) is 11.6 Å². The third-order valence-corrected chi connectivity index (χ3v) is 2.04. The summed E-state index contributed by atoms with van der Waals surface area (Å²) in [4.78, 5) is 3.94. The number of benzene rings is 1. The highest BCUT2D eigenvalue weighted by atomic mass is 14.6. The predicted molar refractivity (Wildman–Crippen MR) is 54.4 cm³/mol. The molecule has 0 radical (unpaired) electrons. The molecule has 0 atom stereocenters. The molecule has 0 fully saturated rings. The zero-order valence-electron chi connectivity index (χ0n) is 7.51. The molecule has 2 heteroatoms. The number of nitriles is 1. The van der Waals surface area contributed by atoms with Gasteiger partial charge in [-0.15, -0.1) is 0 Å². The fourth-order valence-corrected chi connectivity index (χ4v) is 1.36. The van der Waals surface area contributed by atoms with Crippen LogP contribution in [0.25, 0.3) is 11.1 Å². The van der Waals surface area contributed by atoms with Crippen molar-refractivity contribution in [3.8, 4) is 17.2 Å². The summed E-state index contributed by atoms with van der Waals surface area (Å²) in [6.45, 7) is 0. The second-order valence-electron chi connectivity index (χ2n) is 2.89. The number of hydrogen-bond donors (Lipinski definition) is 0. The molecule has 66 valence electrons. The van der Waals surface area contributed by atoms with Crippen molar-refractivity contribution in [2.75, 3.05) is 0 Å². The van der Waals surface area contributed by atoms with Crippen LogP contribution >= 0.6 is 0 Å². The third-order valence-electron chi connectivity index (χ3n) is 2.04. The van der Waals surface area contributed by atoms with E-state index in [1.807, 2.05) is 36.4 Å². The maximum atomic E-state index is 8.91. The SMILES string of the molecule is N#Cc1ccccc1-c1ccncc1. The molecule has 0 unspecified atom stereocenters. The quantitative estimate of drug-likeness (QED) is 0.676. The van der Waals surface area contributed by atoms with Crippen LogP contribution in [0.15, 0.2) is 48.8 Å². The average molecular weight is 180 g/mol. The standard InChI is InChI=1S/C12H8N2/c13-9-11-3-1-2-4-12(11)10-5-7-14-8-6-10/h1-8H. The molecule has 0 saturated carbocycles. The number of hydrogen-bond acceptors (Lipinski definition) is 2. The van der Waals surface area contributed by atoms with Gasteiger partial charge in [-0.05, 0) is 29.3 Å². The number of rotatable bonds is 1. The van der Waals surface area contributed by atoms with Crippen molar-refractivity contribution < 1.29 is 0 Å². The molecule has 0 aliphatic rings. The molecule has 0 aliphatic carbocycles. The Kier molecular flexibility index (Phi) is 2.24. The Balaban J connectivity index is 2.58. The maximum Gasteiger partial charge on any atom is 0.0998 e. The van der Waals surface area contributed by atoms with Crippen LogP contribution in [0.3, 0.4) is 0 Å². The molecular formula is C12H8N2. The van der Waals surface area contributed by atoms with E-state index in [9.17, 15) is 0 Å². The average Bonchev–Trinajstić information content (AvgIpc) is 2.30. The Bertz CT molecular complexity index is 469. The minimum absolute atomic E-state index is 0.693. The van der Waals surface area contributed by atoms with Crippen LogP contribution in [0.1, 0.15) is 5.56 Å². The Morgan fingerprint density at radius 2 is 1.71 bits per heavy atom. The Morgan fingerprint density at radius 3 is 2.43 bits per heavy atom. The fraction of sp³-hybridized carbons (Fsp3) is 0. The summed E-state index contributed by atoms with van der Waals surface area (Å²) < 4.78 is 0. The summed E-state index contributed by atoms with van der Waals surface area (Å²) >= 11 is 0. The van der Waals surface area contributed by atoms with Crippen LogP contribution in [0.5, 0.6) is 0 Å². The first-order chi connectivity index (χ1) is 6.92. The normalized spacial score (nSPS) is 9.36. The summed E-state index contributed by atoms with van der Waals surface area (Å²) in [5.41, 5.74) is 2.67. The van der Waals surface area contributed by atoms with E-state index in [0.717, 1.165) is 11.1 Å². The van der Waals surface area contributed by atoms with Gasteiger partial charge in [0.2, 0.25) is 0 Å². The molecule has 1 aromatic carbocycles. The van der Waals surface area contributed by atoms with Crippen molar-refractivity contribution >= 4 is 0 Å². The van der Waals surface area contributed by atoms with E-state index in [-0.39, 0.29) is 0 Å². The molecule has 0 N–H and O–H groups in total. The number of pyridine rings is 1. The Labute approximate surface area is 82.5 Å². The monoisotopic (exact) mass is 180 g/mol. The van der Waals surface area contributed by atoms with Crippen LogP contribution in [0.4, 0.5) is 0 Å². The molecule has 2 aromatic rings. The Morgan fingerprint density at radius 1 is 1.00 bits per heavy atom. The summed E-state index contributed by atoms with van der Waals surface area (Å²) in [6.07, 6.45) is 3.45. The van der Waals surface area contributed by atoms with Crippen molar-refractivity contribution in [2.45, 2.75) is 0 Å². The zero-order chi connectivity index (χ0) is 9.80. The van der Waals surface area contributed by atoms with Gasteiger partial charge in [0.15, 0.2) is 0 Å². The van der Waals surface area contributed by atoms with Gasteiger partial charge in [-0.25, -0.2) is 0 Å². The topological polar surface area (TPSA) is 36.7 Å². The first kappa shape index (κ1) is 8.46. The third kappa shape index (κ3) is 1.48. The van der Waals surface area contributed by atoms with Gasteiger partial charge in [-0.1, -0.05) is 18.2 Å². The molecule has 0 aliphatic heterocycles. The highest BCUT2D eigenvalue weighted by Crippen LogP contribution is 2.21. The lowest BCUT2D eigenvalue weighted by Crippen LogP contribution is -1.83. The zero-order valence-corrected chi connectivity index (χ0v) is 7.51. The van der Waals surface area contributed by atoms with E-state index in [0.29, 0.717) is 5.56 Å². The van der Waals surface area contributed by atoms with Crippen molar-refractivity contribution in [1.82, 2.24) is 4.98 Å². The molecule has 0 bridgehead atoms. The molecule has 0 amide bonds. The lowest BCUT2D eigenvalue weighted by molar-refractivity contribution is 1.33. The van der Waals surface area contributed by atoms with Gasteiger partial charge in [0.1, 0.15) is 0 Å². The van der Waals surface area contributed by atoms with E-state index in [4.69, 9.17) is 5.26 Å². The van der Waals surface area contributed by atoms with E-state index < -0.39 is 0 Å². The number of aromatic nitrogens is 1. The van der Waals surface area contributed by atoms with E-state index in [1.165, 1.54) is 0 Å². The molecule has 1 aromatic heterocycles. The lowest BCUT2D eigenvalue weighted by Gasteiger charge is -2.02. The van der Waals surface area contributed by atoms with Crippen LogP contribution in [-0.4, -0.2) is 4.98 Å². The minimum atomic E-state index is 0.693. The molecule has 2 nitrogen and oxygen atoms in total. The van der Waals surface area contributed by atoms with Gasteiger partial charge in [0, 0.05) is 12.4 Å². The van der Waals surface area contributed by atoms with Gasteiger partial charge in [0.25, 0.3) is 0 Å². The van der Waals surface area contributed by atoms with Gasteiger partial charge in [-0.3, -0.25) is 4.98 Å². The van der Waals surface area contributed by atoms with Gasteiger partial charge < -0.3 is 0 Å². The van der Waals surface area contributed by atoms with Crippen molar-refractivity contribution in [1.29, 1.82) is 5.26 Å². The Hall–Kier alpha value is -2.14. The smallest absolute Gasteiger partial charge is 0.0998 e. The van der Waals surface area contributed by atoms with Crippen molar-refractivity contribution in [2.24, 2.45) is 0 Å². The van der Waals surface area contributed by atoms with Crippen molar-refractivity contribution in [3.63, 3.8) is 0 Å². The van der Waals surface area contributed by atoms with E-state index in [1.54, 1.807) is 12.4 Å². The van der Waals surface area contributed by atoms with E-state index in [2.05, 4.69) is 11.1 Å². The van der Waals surface area contributed by atoms with Crippen molar-refractivity contribution in [3.05, 3.63) is 54.4 Å². The minimum Gasteiger partial charge on any atom is -0.265 e. The maximum absolute atomic E-state index is 8.91. The second kappa shape index (κ2) is 3.71. The molecular weight excluding hydrogens is 172 g/mol. The molecule has 2 rings (SSSR count). The second-order valence-corrected chi connectivity index (χ2v) is 2.89. The molecule has 0 spiro atoms. The largest absolute Gasteiger partial charge is 0.265 e. The molecule has 0 saturated heterocycles. The highest BCUT2D eigenvalue weighted by Gasteiger charge is 2.01.